The zero-order valence-electron chi connectivity index (χ0n) is 9.28. The fourth-order valence-electron chi connectivity index (χ4n) is 1.37. The summed E-state index contributed by atoms with van der Waals surface area (Å²) in [6.07, 6.45) is -7.75. The lowest BCUT2D eigenvalue weighted by atomic mass is 10.3. The van der Waals surface area contributed by atoms with E-state index in [0.29, 0.717) is 5.01 Å². The second-order valence-electron chi connectivity index (χ2n) is 3.75. The topological polar surface area (TPSA) is 18.8 Å². The van der Waals surface area contributed by atoms with Gasteiger partial charge in [0, 0.05) is 7.05 Å². The number of nitrogens with zero attached hydrogens (tertiary/aromatic N) is 3. The van der Waals surface area contributed by atoms with E-state index in [1.807, 2.05) is 0 Å². The van der Waals surface area contributed by atoms with Crippen LogP contribution in [0.4, 0.5) is 22.0 Å². The lowest BCUT2D eigenvalue weighted by molar-refractivity contribution is -0.333. The summed E-state index contributed by atoms with van der Waals surface area (Å²) < 4.78 is 58.9. The molecule has 3 nitrogen and oxygen atoms in total. The molecule has 20 heavy (non-hydrogen) atoms. The summed E-state index contributed by atoms with van der Waals surface area (Å²) in [5.41, 5.74) is 0. The summed E-state index contributed by atoms with van der Waals surface area (Å²) >= 11 is 27.6. The molecule has 0 saturated carbocycles. The Labute approximate surface area is 135 Å². The molecular formula is C7H5Cl5F5N3. The van der Waals surface area contributed by atoms with Crippen LogP contribution in [0.15, 0.2) is 5.10 Å². The lowest BCUT2D eigenvalue weighted by Gasteiger charge is -2.42. The van der Waals surface area contributed by atoms with E-state index in [-0.39, 0.29) is 6.34 Å². The second kappa shape index (κ2) is 5.22. The van der Waals surface area contributed by atoms with Crippen molar-refractivity contribution in [1.29, 1.82) is 0 Å². The van der Waals surface area contributed by atoms with E-state index >= 15 is 0 Å². The SMILES string of the molecule is CN1N=CN(C(F)(F)C(F)(F)F)C1C(Cl)(Cl)C(Cl)(Cl)Cl. The Morgan fingerprint density at radius 2 is 1.45 bits per heavy atom. The van der Waals surface area contributed by atoms with Gasteiger partial charge in [-0.15, -0.1) is 0 Å². The number of hydrogen-bond acceptors (Lipinski definition) is 3. The number of hydrogen-bond donors (Lipinski definition) is 0. The third-order valence-corrected chi connectivity index (χ3v) is 4.78. The van der Waals surface area contributed by atoms with Crippen molar-refractivity contribution in [2.24, 2.45) is 5.10 Å². The summed E-state index contributed by atoms with van der Waals surface area (Å²) in [6.45, 7) is 0. The summed E-state index contributed by atoms with van der Waals surface area (Å²) in [7, 11) is 1.05. The maximum Gasteiger partial charge on any atom is 0.475 e. The van der Waals surface area contributed by atoms with Gasteiger partial charge >= 0.3 is 12.2 Å². The maximum absolute atomic E-state index is 13.4. The Kier molecular flexibility index (Phi) is 4.81. The third kappa shape index (κ3) is 2.95. The van der Waals surface area contributed by atoms with Gasteiger partial charge in [0.25, 0.3) is 0 Å². The minimum absolute atomic E-state index is 0.216. The van der Waals surface area contributed by atoms with Crippen molar-refractivity contribution >= 4 is 64.3 Å². The van der Waals surface area contributed by atoms with Gasteiger partial charge < -0.3 is 0 Å². The highest BCUT2D eigenvalue weighted by Gasteiger charge is 2.68. The van der Waals surface area contributed by atoms with Crippen LogP contribution >= 0.6 is 58.0 Å². The molecule has 0 aromatic heterocycles. The van der Waals surface area contributed by atoms with Gasteiger partial charge in [0.15, 0.2) is 6.17 Å². The highest BCUT2D eigenvalue weighted by molar-refractivity contribution is 6.75. The van der Waals surface area contributed by atoms with E-state index < -0.39 is 31.4 Å². The summed E-state index contributed by atoms with van der Waals surface area (Å²) in [6, 6.07) is -5.31. The van der Waals surface area contributed by atoms with Crippen LogP contribution in [0.1, 0.15) is 0 Å². The highest BCUT2D eigenvalue weighted by atomic mass is 35.6. The molecule has 1 aliphatic heterocycles. The van der Waals surface area contributed by atoms with Crippen LogP contribution in [0, 0.1) is 0 Å². The number of rotatable bonds is 2. The Bertz CT molecular complexity index is 407. The third-order valence-electron chi connectivity index (χ3n) is 2.34. The van der Waals surface area contributed by atoms with Crippen molar-refractivity contribution in [2.45, 2.75) is 26.5 Å². The van der Waals surface area contributed by atoms with Crippen molar-refractivity contribution in [3.8, 4) is 0 Å². The van der Waals surface area contributed by atoms with Gasteiger partial charge in [-0.05, 0) is 0 Å². The van der Waals surface area contributed by atoms with Crippen molar-refractivity contribution in [1.82, 2.24) is 9.91 Å². The second-order valence-corrected chi connectivity index (χ2v) is 7.41. The average molecular weight is 403 g/mol. The normalized spacial score (nSPS) is 21.9. The van der Waals surface area contributed by atoms with Gasteiger partial charge in [-0.25, -0.2) is 0 Å². The molecule has 1 atom stereocenters. The molecule has 0 spiro atoms. The number of alkyl halides is 10. The Morgan fingerprint density at radius 3 is 1.80 bits per heavy atom. The molecule has 0 aromatic rings. The van der Waals surface area contributed by atoms with Crippen molar-refractivity contribution in [3.63, 3.8) is 0 Å². The molecule has 0 aliphatic carbocycles. The van der Waals surface area contributed by atoms with E-state index in [2.05, 4.69) is 5.10 Å². The first-order valence-corrected chi connectivity index (χ1v) is 6.47. The van der Waals surface area contributed by atoms with Gasteiger partial charge in [-0.3, -0.25) is 9.91 Å². The molecule has 13 heteroatoms. The molecule has 0 radical (unpaired) electrons. The number of halogens is 10. The van der Waals surface area contributed by atoms with E-state index in [1.54, 1.807) is 0 Å². The molecule has 0 fully saturated rings. The van der Waals surface area contributed by atoms with Crippen molar-refractivity contribution < 1.29 is 22.0 Å². The zero-order chi connectivity index (χ0) is 16.1. The minimum Gasteiger partial charge on any atom is -0.273 e. The molecule has 0 bridgehead atoms. The van der Waals surface area contributed by atoms with E-state index in [1.165, 1.54) is 0 Å². The molecule has 0 aromatic carbocycles. The molecule has 118 valence electrons. The largest absolute Gasteiger partial charge is 0.475 e. The van der Waals surface area contributed by atoms with Gasteiger partial charge in [0.1, 0.15) is 6.34 Å². The van der Waals surface area contributed by atoms with Crippen LogP contribution in [-0.4, -0.2) is 49.8 Å². The maximum atomic E-state index is 13.4. The fourth-order valence-corrected chi connectivity index (χ4v) is 2.16. The van der Waals surface area contributed by atoms with Crippen molar-refractivity contribution in [2.75, 3.05) is 7.05 Å². The molecule has 1 unspecified atom stereocenters. The Balaban J connectivity index is 3.26. The predicted molar refractivity (Wildman–Crippen MR) is 67.6 cm³/mol. The fraction of sp³-hybridized carbons (Fsp3) is 0.857. The number of hydrazone groups is 1. The molecule has 1 heterocycles. The monoisotopic (exact) mass is 401 g/mol. The zero-order valence-corrected chi connectivity index (χ0v) is 13.1. The lowest BCUT2D eigenvalue weighted by Crippen LogP contribution is -2.63. The van der Waals surface area contributed by atoms with Gasteiger partial charge in [0.05, 0.1) is 0 Å². The Hall–Kier alpha value is 0.370. The van der Waals surface area contributed by atoms with Gasteiger partial charge in [0.2, 0.25) is 8.13 Å². The van der Waals surface area contributed by atoms with Crippen LogP contribution in [0.3, 0.4) is 0 Å². The van der Waals surface area contributed by atoms with Crippen LogP contribution in [0.25, 0.3) is 0 Å². The van der Waals surface area contributed by atoms with Gasteiger partial charge in [-0.1, -0.05) is 58.0 Å². The summed E-state index contributed by atoms with van der Waals surface area (Å²) in [4.78, 5) is -0.519. The summed E-state index contributed by atoms with van der Waals surface area (Å²) in [5.74, 6) is 0. The first-order chi connectivity index (χ1) is 8.64. The van der Waals surface area contributed by atoms with Crippen LogP contribution in [-0.2, 0) is 0 Å². The van der Waals surface area contributed by atoms with Crippen LogP contribution in [0.2, 0.25) is 0 Å². The first-order valence-electron chi connectivity index (χ1n) is 4.58. The van der Waals surface area contributed by atoms with E-state index in [0.717, 1.165) is 7.05 Å². The molecule has 0 saturated heterocycles. The van der Waals surface area contributed by atoms with Gasteiger partial charge in [-0.2, -0.15) is 27.1 Å². The Morgan fingerprint density at radius 1 is 1.00 bits per heavy atom. The summed E-state index contributed by atoms with van der Waals surface area (Å²) in [5, 5.41) is 3.89. The quantitative estimate of drug-likeness (QED) is 0.391. The molecule has 0 N–H and O–H groups in total. The molecule has 1 aliphatic rings. The van der Waals surface area contributed by atoms with Crippen LogP contribution < -0.4 is 0 Å². The molecule has 0 amide bonds. The first kappa shape index (κ1) is 18.4. The van der Waals surface area contributed by atoms with E-state index in [4.69, 9.17) is 58.0 Å². The smallest absolute Gasteiger partial charge is 0.273 e. The van der Waals surface area contributed by atoms with Crippen molar-refractivity contribution in [3.05, 3.63) is 0 Å². The van der Waals surface area contributed by atoms with Crippen LogP contribution in [0.5, 0.6) is 0 Å². The average Bonchev–Trinajstić information content (AvgIpc) is 2.57. The molecule has 1 rings (SSSR count). The molecular weight excluding hydrogens is 398 g/mol. The standard InChI is InChI=1S/C7H5Cl5F5N3/c1-19-3(4(8,9)5(10,11)12)20(2-18-19)7(16,17)6(13,14)15/h2-3H,1H3. The minimum atomic E-state index is -5.90. The predicted octanol–water partition coefficient (Wildman–Crippen LogP) is 4.20. The van der Waals surface area contributed by atoms with E-state index in [9.17, 15) is 22.0 Å². The highest BCUT2D eigenvalue weighted by Crippen LogP contribution is 2.53.